The molecule has 0 bridgehead atoms. The van der Waals surface area contributed by atoms with Gasteiger partial charge in [0, 0.05) is 24.2 Å². The molecular weight excluding hydrogens is 384 g/mol. The van der Waals surface area contributed by atoms with Gasteiger partial charge in [0.15, 0.2) is 11.5 Å². The van der Waals surface area contributed by atoms with Crippen molar-refractivity contribution in [3.63, 3.8) is 0 Å². The van der Waals surface area contributed by atoms with Crippen LogP contribution >= 0.6 is 0 Å². The van der Waals surface area contributed by atoms with Gasteiger partial charge in [-0.15, -0.1) is 0 Å². The summed E-state index contributed by atoms with van der Waals surface area (Å²) in [5.74, 6) is -1.36. The molecule has 0 radical (unpaired) electrons. The fourth-order valence-electron chi connectivity index (χ4n) is 3.61. The van der Waals surface area contributed by atoms with Gasteiger partial charge >= 0.3 is 0 Å². The summed E-state index contributed by atoms with van der Waals surface area (Å²) in [4.78, 5) is 17.6. The van der Waals surface area contributed by atoms with E-state index in [4.69, 9.17) is 10.5 Å². The van der Waals surface area contributed by atoms with Crippen LogP contribution in [0.1, 0.15) is 28.3 Å². The highest BCUT2D eigenvalue weighted by Gasteiger charge is 2.34. The molecule has 4 rings (SSSR count). The molecule has 3 aromatic rings. The summed E-state index contributed by atoms with van der Waals surface area (Å²) in [5.41, 5.74) is 7.85. The van der Waals surface area contributed by atoms with Crippen LogP contribution in [-0.4, -0.2) is 19.8 Å². The number of benzene rings is 1. The summed E-state index contributed by atoms with van der Waals surface area (Å²) >= 11 is 0. The number of aromatic hydroxyl groups is 2. The Hall–Kier alpha value is -4.25. The number of hydrogen-bond donors (Lipinski definition) is 3. The number of rotatable bonds is 3. The van der Waals surface area contributed by atoms with Crippen LogP contribution in [0.15, 0.2) is 65.0 Å². The lowest BCUT2D eigenvalue weighted by molar-refractivity contribution is 0.387. The van der Waals surface area contributed by atoms with Gasteiger partial charge in [-0.2, -0.15) is 5.26 Å². The first-order valence-electron chi connectivity index (χ1n) is 9.13. The van der Waals surface area contributed by atoms with Crippen molar-refractivity contribution in [2.24, 2.45) is 5.73 Å². The number of pyridine rings is 2. The van der Waals surface area contributed by atoms with Gasteiger partial charge in [0.05, 0.1) is 18.0 Å². The maximum atomic E-state index is 13.5. The van der Waals surface area contributed by atoms with Crippen LogP contribution in [0, 0.1) is 18.3 Å². The van der Waals surface area contributed by atoms with Crippen molar-refractivity contribution in [1.29, 1.82) is 5.26 Å². The van der Waals surface area contributed by atoms with Crippen molar-refractivity contribution in [2.45, 2.75) is 19.4 Å². The average Bonchev–Trinajstić information content (AvgIpc) is 2.73. The van der Waals surface area contributed by atoms with E-state index in [1.54, 1.807) is 36.0 Å². The number of nitrogens with zero attached hydrogens (tertiary/aromatic N) is 3. The van der Waals surface area contributed by atoms with Gasteiger partial charge in [0.25, 0.3) is 5.56 Å². The summed E-state index contributed by atoms with van der Waals surface area (Å²) in [6.45, 7) is 2.07. The average molecular weight is 402 g/mol. The van der Waals surface area contributed by atoms with Crippen LogP contribution in [0.5, 0.6) is 17.2 Å². The van der Waals surface area contributed by atoms with E-state index in [1.165, 1.54) is 18.2 Å². The van der Waals surface area contributed by atoms with Crippen molar-refractivity contribution in [3.05, 3.63) is 93.0 Å². The molecule has 0 saturated carbocycles. The largest absolute Gasteiger partial charge is 0.504 e. The number of nitriles is 1. The van der Waals surface area contributed by atoms with Crippen molar-refractivity contribution in [2.75, 3.05) is 0 Å². The molecule has 8 nitrogen and oxygen atoms in total. The lowest BCUT2D eigenvalue weighted by Crippen LogP contribution is -2.33. The zero-order valence-corrected chi connectivity index (χ0v) is 16.0. The van der Waals surface area contributed by atoms with Gasteiger partial charge in [0.2, 0.25) is 5.88 Å². The molecule has 0 fully saturated rings. The zero-order valence-electron chi connectivity index (χ0n) is 16.0. The van der Waals surface area contributed by atoms with E-state index in [0.29, 0.717) is 17.8 Å². The number of allylic oxidation sites excluding steroid dienone is 1. The first-order valence-corrected chi connectivity index (χ1v) is 9.13. The Morgan fingerprint density at radius 1 is 1.27 bits per heavy atom. The third-order valence-electron chi connectivity index (χ3n) is 5.09. The van der Waals surface area contributed by atoms with E-state index in [1.807, 2.05) is 12.1 Å². The fraction of sp³-hybridized carbons (Fsp3) is 0.136. The van der Waals surface area contributed by atoms with Crippen LogP contribution in [0.4, 0.5) is 0 Å². The number of aromatic nitrogens is 2. The summed E-state index contributed by atoms with van der Waals surface area (Å²) in [5, 5.41) is 29.3. The Morgan fingerprint density at radius 3 is 2.73 bits per heavy atom. The molecule has 1 aliphatic rings. The van der Waals surface area contributed by atoms with E-state index in [2.05, 4.69) is 4.98 Å². The molecule has 3 heterocycles. The maximum absolute atomic E-state index is 13.5. The zero-order chi connectivity index (χ0) is 21.4. The summed E-state index contributed by atoms with van der Waals surface area (Å²) in [6, 6.07) is 11.5. The Balaban J connectivity index is 1.94. The number of aryl methyl sites for hydroxylation is 1. The highest BCUT2D eigenvalue weighted by molar-refractivity contribution is 5.57. The second-order valence-corrected chi connectivity index (χ2v) is 6.99. The number of phenolic OH excluding ortho intramolecular Hbond substituents is 2. The summed E-state index contributed by atoms with van der Waals surface area (Å²) in [6.07, 6.45) is 3.33. The first-order chi connectivity index (χ1) is 14.4. The molecule has 1 aliphatic heterocycles. The Morgan fingerprint density at radius 2 is 2.07 bits per heavy atom. The van der Waals surface area contributed by atoms with Crippen LogP contribution in [-0.2, 0) is 6.54 Å². The lowest BCUT2D eigenvalue weighted by Gasteiger charge is -2.27. The minimum atomic E-state index is -0.849. The van der Waals surface area contributed by atoms with Crippen LogP contribution < -0.4 is 16.0 Å². The molecule has 2 aromatic heterocycles. The summed E-state index contributed by atoms with van der Waals surface area (Å²) < 4.78 is 7.18. The standard InChI is InChI=1S/C22H18N4O4/c1-12-7-18-20(22(29)26(12)11-13-3-2-6-25-10-13)19(15(9-23)21(24)30-18)14-4-5-16(27)17(28)8-14/h2-8,10,19,27-28H,11,24H2,1H3/t19-/m1/s1. The number of ether oxygens (including phenoxy) is 1. The maximum Gasteiger partial charge on any atom is 0.259 e. The number of phenols is 2. The molecule has 0 spiro atoms. The molecule has 150 valence electrons. The predicted molar refractivity (Wildman–Crippen MR) is 108 cm³/mol. The highest BCUT2D eigenvalue weighted by atomic mass is 16.5. The molecule has 8 heteroatoms. The second kappa shape index (κ2) is 7.29. The van der Waals surface area contributed by atoms with Crippen LogP contribution in [0.3, 0.4) is 0 Å². The fourth-order valence-corrected chi connectivity index (χ4v) is 3.61. The van der Waals surface area contributed by atoms with Gasteiger partial charge in [0.1, 0.15) is 17.4 Å². The third-order valence-corrected chi connectivity index (χ3v) is 5.09. The van der Waals surface area contributed by atoms with E-state index in [-0.39, 0.29) is 39.8 Å². The highest BCUT2D eigenvalue weighted by Crippen LogP contribution is 2.42. The van der Waals surface area contributed by atoms with E-state index in [0.717, 1.165) is 5.56 Å². The molecule has 30 heavy (non-hydrogen) atoms. The van der Waals surface area contributed by atoms with Crippen LogP contribution in [0.2, 0.25) is 0 Å². The topological polar surface area (TPSA) is 134 Å². The third kappa shape index (κ3) is 3.12. The second-order valence-electron chi connectivity index (χ2n) is 6.99. The molecule has 0 amide bonds. The van der Waals surface area contributed by atoms with Crippen molar-refractivity contribution < 1.29 is 14.9 Å². The number of hydrogen-bond acceptors (Lipinski definition) is 7. The Labute approximate surface area is 171 Å². The molecule has 1 aromatic carbocycles. The van der Waals surface area contributed by atoms with Gasteiger partial charge in [-0.3, -0.25) is 9.78 Å². The van der Waals surface area contributed by atoms with E-state index < -0.39 is 5.92 Å². The normalized spacial score (nSPS) is 15.3. The smallest absolute Gasteiger partial charge is 0.259 e. The van der Waals surface area contributed by atoms with E-state index in [9.17, 15) is 20.3 Å². The van der Waals surface area contributed by atoms with Gasteiger partial charge < -0.3 is 25.3 Å². The van der Waals surface area contributed by atoms with Gasteiger partial charge in [-0.25, -0.2) is 0 Å². The molecule has 4 N–H and O–H groups in total. The molecule has 0 saturated heterocycles. The Bertz CT molecular complexity index is 1270. The van der Waals surface area contributed by atoms with Gasteiger partial charge in [-0.1, -0.05) is 12.1 Å². The predicted octanol–water partition coefficient (Wildman–Crippen LogP) is 2.23. The monoisotopic (exact) mass is 402 g/mol. The van der Waals surface area contributed by atoms with Crippen LogP contribution in [0.25, 0.3) is 0 Å². The molecule has 1 atom stereocenters. The number of fused-ring (bicyclic) bond motifs is 1. The van der Waals surface area contributed by atoms with Crippen molar-refractivity contribution in [1.82, 2.24) is 9.55 Å². The lowest BCUT2D eigenvalue weighted by atomic mass is 9.84. The SMILES string of the molecule is Cc1cc2c(c(=O)n1Cc1cccnc1)[C@H](c1ccc(O)c(O)c1)C(C#N)=C(N)O2. The van der Waals surface area contributed by atoms with E-state index >= 15 is 0 Å². The van der Waals surface area contributed by atoms with Gasteiger partial charge in [-0.05, 0) is 36.2 Å². The number of nitrogens with two attached hydrogens (primary N) is 1. The minimum absolute atomic E-state index is 0.0569. The van der Waals surface area contributed by atoms with Crippen molar-refractivity contribution >= 4 is 0 Å². The minimum Gasteiger partial charge on any atom is -0.504 e. The quantitative estimate of drug-likeness (QED) is 0.572. The Kier molecular flexibility index (Phi) is 4.64. The van der Waals surface area contributed by atoms with Crippen molar-refractivity contribution in [3.8, 4) is 23.3 Å². The first kappa shape index (κ1) is 19.1. The summed E-state index contributed by atoms with van der Waals surface area (Å²) in [7, 11) is 0. The molecular formula is C22H18N4O4. The molecule has 0 aliphatic carbocycles. The molecule has 0 unspecified atom stereocenters.